The van der Waals surface area contributed by atoms with Crippen molar-refractivity contribution >= 4 is 33.9 Å². The minimum atomic E-state index is -0.604. The molecule has 10 heteroatoms. The molecule has 0 fully saturated rings. The van der Waals surface area contributed by atoms with Crippen LogP contribution in [0.1, 0.15) is 31.4 Å². The van der Waals surface area contributed by atoms with Crippen molar-refractivity contribution in [1.29, 1.82) is 0 Å². The molecular formula is C22H18N4O5S. The van der Waals surface area contributed by atoms with Gasteiger partial charge in [-0.1, -0.05) is 17.4 Å². The number of benzene rings is 2. The van der Waals surface area contributed by atoms with E-state index in [1.54, 1.807) is 56.5 Å². The second kappa shape index (κ2) is 8.98. The molecule has 0 aliphatic heterocycles. The van der Waals surface area contributed by atoms with Gasteiger partial charge in [-0.2, -0.15) is 9.61 Å². The van der Waals surface area contributed by atoms with Crippen LogP contribution in [-0.4, -0.2) is 33.6 Å². The van der Waals surface area contributed by atoms with E-state index < -0.39 is 5.97 Å². The number of nitrogens with zero attached hydrogens (tertiary/aromatic N) is 3. The Morgan fingerprint density at radius 1 is 1.09 bits per heavy atom. The van der Waals surface area contributed by atoms with E-state index >= 15 is 0 Å². The number of ether oxygens (including phenoxy) is 2. The van der Waals surface area contributed by atoms with Crippen molar-refractivity contribution in [1.82, 2.24) is 14.6 Å². The molecule has 0 aliphatic rings. The van der Waals surface area contributed by atoms with Crippen LogP contribution in [0.2, 0.25) is 0 Å². The number of aryl methyl sites for hydroxylation is 1. The quantitative estimate of drug-likeness (QED) is 0.449. The van der Waals surface area contributed by atoms with E-state index in [1.807, 2.05) is 0 Å². The van der Waals surface area contributed by atoms with Crippen LogP contribution >= 0.6 is 11.3 Å². The fraction of sp³-hybridized carbons (Fsp3) is 0.136. The SMILES string of the molecule is COc1ccc(C(=O)Nc2cccc(C(=O)OCc3cc(=O)n4nc(C)sc4n3)c2)cc1. The number of hydrogen-bond acceptors (Lipinski definition) is 8. The average Bonchev–Trinajstić information content (AvgIpc) is 3.18. The molecule has 0 atom stereocenters. The maximum absolute atomic E-state index is 12.5. The number of fused-ring (bicyclic) bond motifs is 1. The van der Waals surface area contributed by atoms with Crippen LogP contribution in [-0.2, 0) is 11.3 Å². The zero-order valence-electron chi connectivity index (χ0n) is 17.2. The fourth-order valence-electron chi connectivity index (χ4n) is 2.92. The molecule has 32 heavy (non-hydrogen) atoms. The number of rotatable bonds is 6. The maximum Gasteiger partial charge on any atom is 0.338 e. The molecular weight excluding hydrogens is 432 g/mol. The molecule has 0 radical (unpaired) electrons. The topological polar surface area (TPSA) is 112 Å². The van der Waals surface area contributed by atoms with E-state index in [2.05, 4.69) is 15.4 Å². The average molecular weight is 450 g/mol. The first-order valence-corrected chi connectivity index (χ1v) is 10.3. The molecule has 0 unspecified atom stereocenters. The zero-order valence-corrected chi connectivity index (χ0v) is 18.0. The lowest BCUT2D eigenvalue weighted by Crippen LogP contribution is -2.16. The number of hydrogen-bond donors (Lipinski definition) is 1. The van der Waals surface area contributed by atoms with Gasteiger partial charge < -0.3 is 14.8 Å². The van der Waals surface area contributed by atoms with Gasteiger partial charge in [0.25, 0.3) is 11.5 Å². The Hall–Kier alpha value is -4.05. The second-order valence-electron chi connectivity index (χ2n) is 6.74. The van der Waals surface area contributed by atoms with Crippen LogP contribution in [0.3, 0.4) is 0 Å². The van der Waals surface area contributed by atoms with Gasteiger partial charge in [0.05, 0.1) is 18.4 Å². The number of carbonyl (C=O) groups is 2. The molecule has 0 aliphatic carbocycles. The Kier molecular flexibility index (Phi) is 5.95. The number of methoxy groups -OCH3 is 1. The number of anilines is 1. The molecule has 2 aromatic heterocycles. The summed E-state index contributed by atoms with van der Waals surface area (Å²) in [5.74, 6) is -0.280. The molecule has 1 amide bonds. The third kappa shape index (κ3) is 4.65. The molecule has 9 nitrogen and oxygen atoms in total. The predicted octanol–water partition coefficient (Wildman–Crippen LogP) is 3.08. The lowest BCUT2D eigenvalue weighted by Gasteiger charge is -2.08. The lowest BCUT2D eigenvalue weighted by molar-refractivity contribution is 0.0467. The monoisotopic (exact) mass is 450 g/mol. The van der Waals surface area contributed by atoms with Crippen LogP contribution in [0.5, 0.6) is 5.75 Å². The first-order chi connectivity index (χ1) is 15.4. The summed E-state index contributed by atoms with van der Waals surface area (Å²) in [6, 6.07) is 14.3. The van der Waals surface area contributed by atoms with Crippen LogP contribution in [0.4, 0.5) is 5.69 Å². The molecule has 0 saturated carbocycles. The first kappa shape index (κ1) is 21.2. The summed E-state index contributed by atoms with van der Waals surface area (Å²) in [5, 5.41) is 7.52. The van der Waals surface area contributed by atoms with Crippen LogP contribution in [0.25, 0.3) is 4.96 Å². The number of amides is 1. The standard InChI is InChI=1S/C22H18N4O5S/c1-13-25-26-19(27)11-17(24-22(26)32-13)12-31-21(29)15-4-3-5-16(10-15)23-20(28)14-6-8-18(30-2)9-7-14/h3-11H,12H2,1-2H3,(H,23,28). The summed E-state index contributed by atoms with van der Waals surface area (Å²) in [6.07, 6.45) is 0. The summed E-state index contributed by atoms with van der Waals surface area (Å²) in [4.78, 5) is 41.8. The van der Waals surface area contributed by atoms with Crippen molar-refractivity contribution in [2.75, 3.05) is 12.4 Å². The van der Waals surface area contributed by atoms with Crippen molar-refractivity contribution in [2.24, 2.45) is 0 Å². The van der Waals surface area contributed by atoms with Crippen molar-refractivity contribution in [3.63, 3.8) is 0 Å². The smallest absolute Gasteiger partial charge is 0.338 e. The number of esters is 1. The second-order valence-corrected chi connectivity index (χ2v) is 7.90. The Morgan fingerprint density at radius 2 is 1.88 bits per heavy atom. The van der Waals surface area contributed by atoms with Gasteiger partial charge in [-0.05, 0) is 49.4 Å². The normalized spacial score (nSPS) is 10.7. The van der Waals surface area contributed by atoms with Gasteiger partial charge in [-0.25, -0.2) is 9.78 Å². The minimum absolute atomic E-state index is 0.163. The molecule has 0 saturated heterocycles. The molecule has 162 valence electrons. The van der Waals surface area contributed by atoms with Gasteiger partial charge in [0.15, 0.2) is 0 Å². The highest BCUT2D eigenvalue weighted by molar-refractivity contribution is 7.16. The third-order valence-electron chi connectivity index (χ3n) is 4.46. The number of nitrogens with one attached hydrogen (secondary N) is 1. The van der Waals surface area contributed by atoms with Gasteiger partial charge in [0.2, 0.25) is 4.96 Å². The Balaban J connectivity index is 1.42. The van der Waals surface area contributed by atoms with E-state index in [0.29, 0.717) is 32.7 Å². The lowest BCUT2D eigenvalue weighted by atomic mass is 10.1. The van der Waals surface area contributed by atoms with E-state index in [1.165, 1.54) is 28.0 Å². The highest BCUT2D eigenvalue weighted by atomic mass is 32.1. The molecule has 0 spiro atoms. The Bertz CT molecular complexity index is 1360. The maximum atomic E-state index is 12.5. The number of carbonyl (C=O) groups excluding carboxylic acids is 2. The summed E-state index contributed by atoms with van der Waals surface area (Å²) in [5.41, 5.74) is 1.14. The summed E-state index contributed by atoms with van der Waals surface area (Å²) in [6.45, 7) is 1.61. The van der Waals surface area contributed by atoms with E-state index in [0.717, 1.165) is 0 Å². The van der Waals surface area contributed by atoms with Gasteiger partial charge in [-0.3, -0.25) is 9.59 Å². The predicted molar refractivity (Wildman–Crippen MR) is 118 cm³/mol. The molecule has 1 N–H and O–H groups in total. The molecule has 4 rings (SSSR count). The van der Waals surface area contributed by atoms with Gasteiger partial charge in [0.1, 0.15) is 17.4 Å². The number of aromatic nitrogens is 3. The van der Waals surface area contributed by atoms with Gasteiger partial charge >= 0.3 is 5.97 Å². The minimum Gasteiger partial charge on any atom is -0.497 e. The summed E-state index contributed by atoms with van der Waals surface area (Å²) in [7, 11) is 1.55. The largest absolute Gasteiger partial charge is 0.497 e. The van der Waals surface area contributed by atoms with Crippen molar-refractivity contribution in [3.05, 3.63) is 86.8 Å². The molecule has 2 heterocycles. The molecule has 0 bridgehead atoms. The van der Waals surface area contributed by atoms with Gasteiger partial charge in [0, 0.05) is 17.3 Å². The first-order valence-electron chi connectivity index (χ1n) is 9.52. The van der Waals surface area contributed by atoms with Crippen molar-refractivity contribution in [3.8, 4) is 5.75 Å². The molecule has 2 aromatic carbocycles. The summed E-state index contributed by atoms with van der Waals surface area (Å²) >= 11 is 1.27. The van der Waals surface area contributed by atoms with Crippen molar-refractivity contribution in [2.45, 2.75) is 13.5 Å². The Labute approximate surface area is 186 Å². The highest BCUT2D eigenvalue weighted by Gasteiger charge is 2.13. The van der Waals surface area contributed by atoms with Crippen LogP contribution in [0, 0.1) is 6.92 Å². The Morgan fingerprint density at radius 3 is 2.62 bits per heavy atom. The molecule has 4 aromatic rings. The third-order valence-corrected chi connectivity index (χ3v) is 5.28. The highest BCUT2D eigenvalue weighted by Crippen LogP contribution is 2.16. The van der Waals surface area contributed by atoms with E-state index in [-0.39, 0.29) is 23.6 Å². The summed E-state index contributed by atoms with van der Waals surface area (Å²) < 4.78 is 11.6. The van der Waals surface area contributed by atoms with Crippen LogP contribution < -0.4 is 15.6 Å². The van der Waals surface area contributed by atoms with Gasteiger partial charge in [-0.15, -0.1) is 0 Å². The van der Waals surface area contributed by atoms with Crippen molar-refractivity contribution < 1.29 is 19.1 Å². The van der Waals surface area contributed by atoms with E-state index in [4.69, 9.17) is 9.47 Å². The fourth-order valence-corrected chi connectivity index (χ4v) is 3.69. The zero-order chi connectivity index (χ0) is 22.7. The van der Waals surface area contributed by atoms with Crippen LogP contribution in [0.15, 0.2) is 59.4 Å². The van der Waals surface area contributed by atoms with E-state index in [9.17, 15) is 14.4 Å².